The highest BCUT2D eigenvalue weighted by atomic mass is 16.5. The smallest absolute Gasteiger partial charge is 0.255 e. The van der Waals surface area contributed by atoms with E-state index in [1.54, 1.807) is 18.2 Å². The fourth-order valence-corrected chi connectivity index (χ4v) is 2.18. The van der Waals surface area contributed by atoms with Crippen molar-refractivity contribution in [1.29, 1.82) is 0 Å². The van der Waals surface area contributed by atoms with Crippen LogP contribution in [0.4, 0.5) is 11.4 Å². The summed E-state index contributed by atoms with van der Waals surface area (Å²) in [4.78, 5) is 12.4. The first-order chi connectivity index (χ1) is 10.7. The molecule has 0 saturated carbocycles. The molecule has 0 saturated heterocycles. The van der Waals surface area contributed by atoms with E-state index in [-0.39, 0.29) is 5.91 Å². The molecule has 0 aliphatic carbocycles. The SMILES string of the molecule is CCCOc1ccc(C(=O)Nc2ccccc2CC)cc1N. The zero-order valence-corrected chi connectivity index (χ0v) is 13.1. The van der Waals surface area contributed by atoms with Crippen molar-refractivity contribution < 1.29 is 9.53 Å². The monoisotopic (exact) mass is 298 g/mol. The predicted octanol–water partition coefficient (Wildman–Crippen LogP) is 3.87. The summed E-state index contributed by atoms with van der Waals surface area (Å²) >= 11 is 0. The van der Waals surface area contributed by atoms with Crippen LogP contribution < -0.4 is 15.8 Å². The van der Waals surface area contributed by atoms with E-state index < -0.39 is 0 Å². The van der Waals surface area contributed by atoms with Crippen molar-refractivity contribution in [1.82, 2.24) is 0 Å². The van der Waals surface area contributed by atoms with Gasteiger partial charge in [0.1, 0.15) is 5.75 Å². The van der Waals surface area contributed by atoms with Crippen molar-refractivity contribution >= 4 is 17.3 Å². The molecule has 0 aromatic heterocycles. The molecular weight excluding hydrogens is 276 g/mol. The number of ether oxygens (including phenoxy) is 1. The lowest BCUT2D eigenvalue weighted by atomic mass is 10.1. The lowest BCUT2D eigenvalue weighted by molar-refractivity contribution is 0.102. The van der Waals surface area contributed by atoms with E-state index in [0.717, 1.165) is 24.1 Å². The molecule has 1 amide bonds. The maximum absolute atomic E-state index is 12.4. The largest absolute Gasteiger partial charge is 0.491 e. The van der Waals surface area contributed by atoms with E-state index in [4.69, 9.17) is 10.5 Å². The second kappa shape index (κ2) is 7.50. The van der Waals surface area contributed by atoms with Gasteiger partial charge in [0.2, 0.25) is 0 Å². The molecule has 0 unspecified atom stereocenters. The average molecular weight is 298 g/mol. The van der Waals surface area contributed by atoms with Crippen LogP contribution in [0, 0.1) is 0 Å². The Kier molecular flexibility index (Phi) is 5.42. The highest BCUT2D eigenvalue weighted by molar-refractivity contribution is 6.05. The van der Waals surface area contributed by atoms with Crippen molar-refractivity contribution in [3.8, 4) is 5.75 Å². The number of hydrogen-bond acceptors (Lipinski definition) is 3. The van der Waals surface area contributed by atoms with Crippen LogP contribution in [0.1, 0.15) is 36.2 Å². The summed E-state index contributed by atoms with van der Waals surface area (Å²) in [6.45, 7) is 4.70. The zero-order valence-electron chi connectivity index (χ0n) is 13.1. The molecule has 0 heterocycles. The maximum atomic E-state index is 12.4. The van der Waals surface area contributed by atoms with Crippen molar-refractivity contribution in [3.63, 3.8) is 0 Å². The number of rotatable bonds is 6. The third kappa shape index (κ3) is 3.79. The van der Waals surface area contributed by atoms with Gasteiger partial charge in [0.05, 0.1) is 12.3 Å². The summed E-state index contributed by atoms with van der Waals surface area (Å²) in [5.41, 5.74) is 8.88. The number of aryl methyl sites for hydroxylation is 1. The van der Waals surface area contributed by atoms with Crippen molar-refractivity contribution in [3.05, 3.63) is 53.6 Å². The molecule has 4 nitrogen and oxygen atoms in total. The lowest BCUT2D eigenvalue weighted by Gasteiger charge is -2.12. The second-order valence-corrected chi connectivity index (χ2v) is 5.07. The molecule has 116 valence electrons. The second-order valence-electron chi connectivity index (χ2n) is 5.07. The maximum Gasteiger partial charge on any atom is 0.255 e. The predicted molar refractivity (Wildman–Crippen MR) is 90.4 cm³/mol. The Bertz CT molecular complexity index is 653. The zero-order chi connectivity index (χ0) is 15.9. The Morgan fingerprint density at radius 1 is 1.18 bits per heavy atom. The van der Waals surface area contributed by atoms with E-state index in [0.29, 0.717) is 23.6 Å². The molecule has 0 atom stereocenters. The van der Waals surface area contributed by atoms with E-state index >= 15 is 0 Å². The highest BCUT2D eigenvalue weighted by Gasteiger charge is 2.10. The Morgan fingerprint density at radius 3 is 2.64 bits per heavy atom. The van der Waals surface area contributed by atoms with Crippen molar-refractivity contribution in [2.45, 2.75) is 26.7 Å². The molecule has 2 rings (SSSR count). The van der Waals surface area contributed by atoms with Gasteiger partial charge in [-0.2, -0.15) is 0 Å². The molecule has 0 bridgehead atoms. The number of amides is 1. The Hall–Kier alpha value is -2.49. The first kappa shape index (κ1) is 15.9. The number of nitrogen functional groups attached to an aromatic ring is 1. The van der Waals surface area contributed by atoms with Crippen LogP contribution in [0.5, 0.6) is 5.75 Å². The van der Waals surface area contributed by atoms with E-state index in [2.05, 4.69) is 12.2 Å². The van der Waals surface area contributed by atoms with E-state index in [1.807, 2.05) is 31.2 Å². The van der Waals surface area contributed by atoms with Gasteiger partial charge in [-0.05, 0) is 42.7 Å². The van der Waals surface area contributed by atoms with Gasteiger partial charge in [0, 0.05) is 11.3 Å². The quantitative estimate of drug-likeness (QED) is 0.796. The minimum Gasteiger partial charge on any atom is -0.491 e. The Morgan fingerprint density at radius 2 is 1.95 bits per heavy atom. The van der Waals surface area contributed by atoms with Gasteiger partial charge < -0.3 is 15.8 Å². The van der Waals surface area contributed by atoms with Crippen LogP contribution in [0.3, 0.4) is 0 Å². The minimum absolute atomic E-state index is 0.172. The third-order valence-electron chi connectivity index (χ3n) is 3.38. The average Bonchev–Trinajstić information content (AvgIpc) is 2.54. The number of hydrogen-bond donors (Lipinski definition) is 2. The molecule has 0 aliphatic rings. The van der Waals surface area contributed by atoms with Crippen molar-refractivity contribution in [2.75, 3.05) is 17.7 Å². The Labute approximate surface area is 131 Å². The van der Waals surface area contributed by atoms with Gasteiger partial charge in [-0.25, -0.2) is 0 Å². The number of carbonyl (C=O) groups excluding carboxylic acids is 1. The molecule has 0 aliphatic heterocycles. The fourth-order valence-electron chi connectivity index (χ4n) is 2.18. The van der Waals surface area contributed by atoms with E-state index in [9.17, 15) is 4.79 Å². The molecule has 3 N–H and O–H groups in total. The molecule has 0 radical (unpaired) electrons. The molecular formula is C18H22N2O2. The summed E-state index contributed by atoms with van der Waals surface area (Å²) in [6, 6.07) is 12.9. The number of benzene rings is 2. The third-order valence-corrected chi connectivity index (χ3v) is 3.38. The van der Waals surface area contributed by atoms with Crippen LogP contribution in [-0.4, -0.2) is 12.5 Å². The number of anilines is 2. The first-order valence-electron chi connectivity index (χ1n) is 7.57. The van der Waals surface area contributed by atoms with Gasteiger partial charge >= 0.3 is 0 Å². The summed E-state index contributed by atoms with van der Waals surface area (Å²) in [7, 11) is 0. The van der Waals surface area contributed by atoms with Crippen LogP contribution in [0.25, 0.3) is 0 Å². The summed E-state index contributed by atoms with van der Waals surface area (Å²) in [5, 5.41) is 2.93. The van der Waals surface area contributed by atoms with Crippen LogP contribution in [0.15, 0.2) is 42.5 Å². The van der Waals surface area contributed by atoms with Gasteiger partial charge in [-0.15, -0.1) is 0 Å². The summed E-state index contributed by atoms with van der Waals surface area (Å²) < 4.78 is 5.52. The van der Waals surface area contributed by atoms with Gasteiger partial charge in [0.15, 0.2) is 0 Å². The van der Waals surface area contributed by atoms with Crippen LogP contribution >= 0.6 is 0 Å². The number of para-hydroxylation sites is 1. The highest BCUT2D eigenvalue weighted by Crippen LogP contribution is 2.24. The minimum atomic E-state index is -0.172. The van der Waals surface area contributed by atoms with Gasteiger partial charge in [0.25, 0.3) is 5.91 Å². The fraction of sp³-hybridized carbons (Fsp3) is 0.278. The normalized spacial score (nSPS) is 10.3. The van der Waals surface area contributed by atoms with E-state index in [1.165, 1.54) is 0 Å². The number of nitrogens with one attached hydrogen (secondary N) is 1. The first-order valence-corrected chi connectivity index (χ1v) is 7.57. The molecule has 4 heteroatoms. The molecule has 0 fully saturated rings. The summed E-state index contributed by atoms with van der Waals surface area (Å²) in [6.07, 6.45) is 1.78. The number of carbonyl (C=O) groups is 1. The summed E-state index contributed by atoms with van der Waals surface area (Å²) in [5.74, 6) is 0.446. The molecule has 0 spiro atoms. The molecule has 2 aromatic carbocycles. The van der Waals surface area contributed by atoms with Crippen LogP contribution in [0.2, 0.25) is 0 Å². The van der Waals surface area contributed by atoms with Crippen LogP contribution in [-0.2, 0) is 6.42 Å². The van der Waals surface area contributed by atoms with Gasteiger partial charge in [-0.3, -0.25) is 4.79 Å². The topological polar surface area (TPSA) is 64.3 Å². The van der Waals surface area contributed by atoms with Gasteiger partial charge in [-0.1, -0.05) is 32.0 Å². The number of nitrogens with two attached hydrogens (primary N) is 1. The lowest BCUT2D eigenvalue weighted by Crippen LogP contribution is -2.13. The Balaban J connectivity index is 2.14. The molecule has 22 heavy (non-hydrogen) atoms. The molecule has 2 aromatic rings. The standard InChI is InChI=1S/C18H22N2O2/c1-3-11-22-17-10-9-14(12-15(17)19)18(21)20-16-8-6-5-7-13(16)4-2/h5-10,12H,3-4,11,19H2,1-2H3,(H,20,21). The van der Waals surface area contributed by atoms with Crippen molar-refractivity contribution in [2.24, 2.45) is 0 Å².